The fraction of sp³-hybridized carbons (Fsp3) is 0.524. The largest absolute Gasteiger partial charge is 0.484 e. The van der Waals surface area contributed by atoms with Crippen LogP contribution in [-0.4, -0.2) is 30.1 Å². The summed E-state index contributed by atoms with van der Waals surface area (Å²) in [5, 5.41) is 12.1. The molecule has 1 amide bonds. The summed E-state index contributed by atoms with van der Waals surface area (Å²) in [6, 6.07) is 9.26. The first kappa shape index (κ1) is 20.0. The summed E-state index contributed by atoms with van der Waals surface area (Å²) in [5.41, 5.74) is 1.11. The lowest BCUT2D eigenvalue weighted by Gasteiger charge is -2.36. The Morgan fingerprint density at radius 2 is 1.96 bits per heavy atom. The number of carboxylic acid groups (broad SMARTS) is 1. The van der Waals surface area contributed by atoms with Gasteiger partial charge in [-0.3, -0.25) is 9.59 Å². The highest BCUT2D eigenvalue weighted by molar-refractivity contribution is 5.77. The Morgan fingerprint density at radius 1 is 1.27 bits per heavy atom. The number of hydrogen-bond acceptors (Lipinski definition) is 3. The van der Waals surface area contributed by atoms with E-state index in [0.717, 1.165) is 12.0 Å². The standard InChI is InChI=1S/C21H29NO4/c1-14(2)19-10-16(11-21(24)25)15(3)9-17(19)12-22-20(23)13-26-18-7-5-4-6-8-18/h4-9,14,16-17,19H,10-13H2,1-3H3,(H,22,23)(H,24,25)/t16-,17-,19-/m0/s1. The molecule has 5 nitrogen and oxygen atoms in total. The van der Waals surface area contributed by atoms with E-state index in [1.165, 1.54) is 0 Å². The molecule has 0 radical (unpaired) electrons. The lowest BCUT2D eigenvalue weighted by Crippen LogP contribution is -2.38. The normalized spacial score (nSPS) is 22.6. The molecule has 0 spiro atoms. The number of ether oxygens (including phenoxy) is 1. The van der Waals surface area contributed by atoms with Gasteiger partial charge in [0.1, 0.15) is 5.75 Å². The van der Waals surface area contributed by atoms with E-state index in [1.54, 1.807) is 0 Å². The average molecular weight is 359 g/mol. The lowest BCUT2D eigenvalue weighted by molar-refractivity contribution is -0.138. The van der Waals surface area contributed by atoms with Gasteiger partial charge in [-0.05, 0) is 49.1 Å². The molecule has 0 saturated heterocycles. The highest BCUT2D eigenvalue weighted by atomic mass is 16.5. The Hall–Kier alpha value is -2.30. The van der Waals surface area contributed by atoms with E-state index in [-0.39, 0.29) is 30.8 Å². The molecular formula is C21H29NO4. The fourth-order valence-electron chi connectivity index (χ4n) is 3.67. The monoisotopic (exact) mass is 359 g/mol. The summed E-state index contributed by atoms with van der Waals surface area (Å²) in [4.78, 5) is 23.2. The summed E-state index contributed by atoms with van der Waals surface area (Å²) in [7, 11) is 0. The van der Waals surface area contributed by atoms with Crippen molar-refractivity contribution in [3.63, 3.8) is 0 Å². The van der Waals surface area contributed by atoms with Crippen LogP contribution in [0.4, 0.5) is 0 Å². The summed E-state index contributed by atoms with van der Waals surface area (Å²) in [6.45, 7) is 6.86. The van der Waals surface area contributed by atoms with E-state index < -0.39 is 5.97 Å². The van der Waals surface area contributed by atoms with Gasteiger partial charge in [0.2, 0.25) is 0 Å². The number of carboxylic acids is 1. The summed E-state index contributed by atoms with van der Waals surface area (Å²) in [5.74, 6) is 0.878. The highest BCUT2D eigenvalue weighted by Gasteiger charge is 2.32. The van der Waals surface area contributed by atoms with Crippen LogP contribution in [0.2, 0.25) is 0 Å². The SMILES string of the molecule is CC1=C[C@@H](CNC(=O)COc2ccccc2)[C@H](C(C)C)C[C@H]1CC(=O)O. The number of nitrogens with one attached hydrogen (secondary N) is 1. The lowest BCUT2D eigenvalue weighted by atomic mass is 9.70. The Labute approximate surface area is 155 Å². The molecule has 1 aliphatic rings. The number of benzene rings is 1. The topological polar surface area (TPSA) is 75.6 Å². The first-order valence-corrected chi connectivity index (χ1v) is 9.21. The van der Waals surface area contributed by atoms with Gasteiger partial charge in [-0.2, -0.15) is 0 Å². The number of para-hydroxylation sites is 1. The second-order valence-electron chi connectivity index (χ2n) is 7.42. The second-order valence-corrected chi connectivity index (χ2v) is 7.42. The van der Waals surface area contributed by atoms with Crippen molar-refractivity contribution in [2.45, 2.75) is 33.6 Å². The van der Waals surface area contributed by atoms with Crippen LogP contribution in [0.1, 0.15) is 33.6 Å². The number of aliphatic carboxylic acids is 1. The van der Waals surface area contributed by atoms with Gasteiger partial charge >= 0.3 is 5.97 Å². The third-order valence-electron chi connectivity index (χ3n) is 5.15. The van der Waals surface area contributed by atoms with E-state index in [0.29, 0.717) is 24.1 Å². The van der Waals surface area contributed by atoms with Crippen LogP contribution < -0.4 is 10.1 Å². The first-order valence-electron chi connectivity index (χ1n) is 9.21. The molecule has 1 aromatic rings. The van der Waals surface area contributed by atoms with Crippen molar-refractivity contribution < 1.29 is 19.4 Å². The summed E-state index contributed by atoms with van der Waals surface area (Å²) < 4.78 is 5.47. The number of carbonyl (C=O) groups is 2. The number of allylic oxidation sites excluding steroid dienone is 1. The zero-order valence-corrected chi connectivity index (χ0v) is 15.8. The minimum absolute atomic E-state index is 0.00653. The smallest absolute Gasteiger partial charge is 0.303 e. The fourth-order valence-corrected chi connectivity index (χ4v) is 3.67. The average Bonchev–Trinajstić information content (AvgIpc) is 2.60. The quantitative estimate of drug-likeness (QED) is 0.697. The molecule has 2 N–H and O–H groups in total. The van der Waals surface area contributed by atoms with Gasteiger partial charge in [0.25, 0.3) is 5.91 Å². The Balaban J connectivity index is 1.90. The van der Waals surface area contributed by atoms with Crippen molar-refractivity contribution in [1.82, 2.24) is 5.32 Å². The molecule has 2 rings (SSSR count). The second kappa shape index (κ2) is 9.41. The van der Waals surface area contributed by atoms with Gasteiger partial charge < -0.3 is 15.2 Å². The third kappa shape index (κ3) is 5.90. The molecule has 0 aliphatic heterocycles. The van der Waals surface area contributed by atoms with E-state index in [9.17, 15) is 9.59 Å². The molecular weight excluding hydrogens is 330 g/mol. The molecule has 0 saturated carbocycles. The first-order chi connectivity index (χ1) is 12.4. The molecule has 0 heterocycles. The Kier molecular flexibility index (Phi) is 7.25. The van der Waals surface area contributed by atoms with Crippen LogP contribution in [0.25, 0.3) is 0 Å². The van der Waals surface area contributed by atoms with Gasteiger partial charge in [-0.15, -0.1) is 0 Å². The number of hydrogen-bond donors (Lipinski definition) is 2. The molecule has 1 aliphatic carbocycles. The molecule has 0 aromatic heterocycles. The number of carbonyl (C=O) groups excluding carboxylic acids is 1. The van der Waals surface area contributed by atoms with Crippen LogP contribution in [-0.2, 0) is 9.59 Å². The molecule has 5 heteroatoms. The van der Waals surface area contributed by atoms with Crippen molar-refractivity contribution in [2.75, 3.05) is 13.2 Å². The molecule has 142 valence electrons. The van der Waals surface area contributed by atoms with Gasteiger partial charge in [-0.1, -0.05) is 43.7 Å². The Morgan fingerprint density at radius 3 is 2.58 bits per heavy atom. The summed E-state index contributed by atoms with van der Waals surface area (Å²) in [6.07, 6.45) is 3.18. The van der Waals surface area contributed by atoms with Crippen LogP contribution in [0, 0.1) is 23.7 Å². The zero-order valence-electron chi connectivity index (χ0n) is 15.8. The molecule has 1 aromatic carbocycles. The predicted octanol–water partition coefficient (Wildman–Crippen LogP) is 3.51. The van der Waals surface area contributed by atoms with Crippen molar-refractivity contribution in [3.05, 3.63) is 42.0 Å². The third-order valence-corrected chi connectivity index (χ3v) is 5.15. The van der Waals surface area contributed by atoms with E-state index in [1.807, 2.05) is 37.3 Å². The molecule has 26 heavy (non-hydrogen) atoms. The van der Waals surface area contributed by atoms with Gasteiger partial charge in [-0.25, -0.2) is 0 Å². The highest BCUT2D eigenvalue weighted by Crippen LogP contribution is 2.38. The maximum Gasteiger partial charge on any atom is 0.303 e. The van der Waals surface area contributed by atoms with E-state index >= 15 is 0 Å². The van der Waals surface area contributed by atoms with Gasteiger partial charge in [0.05, 0.1) is 6.42 Å². The minimum atomic E-state index is -0.755. The van der Waals surface area contributed by atoms with Crippen molar-refractivity contribution in [1.29, 1.82) is 0 Å². The van der Waals surface area contributed by atoms with Crippen molar-refractivity contribution in [2.24, 2.45) is 23.7 Å². The predicted molar refractivity (Wildman–Crippen MR) is 101 cm³/mol. The summed E-state index contributed by atoms with van der Waals surface area (Å²) >= 11 is 0. The van der Waals surface area contributed by atoms with Crippen LogP contribution >= 0.6 is 0 Å². The Bertz CT molecular complexity index is 639. The van der Waals surface area contributed by atoms with Crippen LogP contribution in [0.5, 0.6) is 5.75 Å². The van der Waals surface area contributed by atoms with E-state index in [2.05, 4.69) is 25.2 Å². The van der Waals surface area contributed by atoms with Crippen LogP contribution in [0.15, 0.2) is 42.0 Å². The van der Waals surface area contributed by atoms with Crippen molar-refractivity contribution >= 4 is 11.9 Å². The van der Waals surface area contributed by atoms with Gasteiger partial charge in [0.15, 0.2) is 6.61 Å². The minimum Gasteiger partial charge on any atom is -0.484 e. The molecule has 0 bridgehead atoms. The van der Waals surface area contributed by atoms with E-state index in [4.69, 9.17) is 9.84 Å². The molecule has 0 unspecified atom stereocenters. The van der Waals surface area contributed by atoms with Crippen LogP contribution in [0.3, 0.4) is 0 Å². The maximum absolute atomic E-state index is 12.1. The van der Waals surface area contributed by atoms with Gasteiger partial charge in [0, 0.05) is 6.54 Å². The zero-order chi connectivity index (χ0) is 19.1. The maximum atomic E-state index is 12.1. The number of rotatable bonds is 8. The molecule has 0 fully saturated rings. The molecule has 3 atom stereocenters. The number of amides is 1. The van der Waals surface area contributed by atoms with Crippen molar-refractivity contribution in [3.8, 4) is 5.75 Å².